The summed E-state index contributed by atoms with van der Waals surface area (Å²) in [7, 11) is 0. The predicted molar refractivity (Wildman–Crippen MR) is 45.2 cm³/mol. The van der Waals surface area contributed by atoms with Crippen LogP contribution in [-0.2, 0) is 4.79 Å². The number of hydrogen-bond acceptors (Lipinski definition) is 1. The van der Waals surface area contributed by atoms with Gasteiger partial charge < -0.3 is 5.32 Å². The SMILES string of the molecule is CCCCCC(=O)NC1C=C1. The highest BCUT2D eigenvalue weighted by atomic mass is 16.1. The molecule has 11 heavy (non-hydrogen) atoms. The number of rotatable bonds is 5. The molecule has 0 unspecified atom stereocenters. The van der Waals surface area contributed by atoms with E-state index in [-0.39, 0.29) is 11.9 Å². The minimum atomic E-state index is 0.188. The molecule has 0 spiro atoms. The fourth-order valence-corrected chi connectivity index (χ4v) is 0.945. The summed E-state index contributed by atoms with van der Waals surface area (Å²) in [6.07, 6.45) is 8.01. The van der Waals surface area contributed by atoms with Gasteiger partial charge in [-0.25, -0.2) is 0 Å². The second kappa shape index (κ2) is 4.16. The average molecular weight is 153 g/mol. The molecule has 2 heteroatoms. The van der Waals surface area contributed by atoms with E-state index in [0.29, 0.717) is 6.42 Å². The van der Waals surface area contributed by atoms with Crippen molar-refractivity contribution in [1.82, 2.24) is 5.32 Å². The Hall–Kier alpha value is -0.790. The lowest BCUT2D eigenvalue weighted by molar-refractivity contribution is -0.121. The third-order valence-electron chi connectivity index (χ3n) is 1.72. The molecule has 0 atom stereocenters. The van der Waals surface area contributed by atoms with E-state index in [2.05, 4.69) is 12.2 Å². The van der Waals surface area contributed by atoms with E-state index >= 15 is 0 Å². The lowest BCUT2D eigenvalue weighted by Gasteiger charge is -2.01. The van der Waals surface area contributed by atoms with Gasteiger partial charge >= 0.3 is 0 Å². The van der Waals surface area contributed by atoms with Crippen molar-refractivity contribution >= 4 is 5.91 Å². The molecule has 0 saturated heterocycles. The van der Waals surface area contributed by atoms with Crippen LogP contribution in [0.3, 0.4) is 0 Å². The van der Waals surface area contributed by atoms with E-state index < -0.39 is 0 Å². The van der Waals surface area contributed by atoms with Crippen molar-refractivity contribution in [2.24, 2.45) is 0 Å². The molecule has 1 amide bonds. The molecule has 1 rings (SSSR count). The Labute approximate surface area is 67.7 Å². The second-order valence-electron chi connectivity index (χ2n) is 2.94. The van der Waals surface area contributed by atoms with Crippen LogP contribution >= 0.6 is 0 Å². The molecule has 0 aromatic heterocycles. The Balaban J connectivity index is 1.92. The van der Waals surface area contributed by atoms with Crippen molar-refractivity contribution in [3.63, 3.8) is 0 Å². The summed E-state index contributed by atoms with van der Waals surface area (Å²) >= 11 is 0. The molecule has 0 bridgehead atoms. The third-order valence-corrected chi connectivity index (χ3v) is 1.72. The van der Waals surface area contributed by atoms with E-state index in [9.17, 15) is 4.79 Å². The van der Waals surface area contributed by atoms with E-state index in [1.54, 1.807) is 0 Å². The molecule has 0 radical (unpaired) electrons. The topological polar surface area (TPSA) is 29.1 Å². The first kappa shape index (κ1) is 8.31. The maximum absolute atomic E-state index is 11.0. The Bertz CT molecular complexity index is 157. The van der Waals surface area contributed by atoms with Gasteiger partial charge in [-0.3, -0.25) is 4.79 Å². The fraction of sp³-hybridized carbons (Fsp3) is 0.667. The lowest BCUT2D eigenvalue weighted by Crippen LogP contribution is -2.25. The van der Waals surface area contributed by atoms with Crippen molar-refractivity contribution < 1.29 is 4.79 Å². The van der Waals surface area contributed by atoms with E-state index in [4.69, 9.17) is 0 Å². The molecule has 0 aromatic rings. The van der Waals surface area contributed by atoms with Crippen molar-refractivity contribution in [2.45, 2.75) is 38.6 Å². The van der Waals surface area contributed by atoms with Crippen LogP contribution in [0.25, 0.3) is 0 Å². The molecule has 0 saturated carbocycles. The van der Waals surface area contributed by atoms with E-state index in [1.165, 1.54) is 6.42 Å². The molecule has 1 N–H and O–H groups in total. The zero-order valence-corrected chi connectivity index (χ0v) is 6.97. The summed E-state index contributed by atoms with van der Waals surface area (Å²) in [5.41, 5.74) is 0. The zero-order valence-electron chi connectivity index (χ0n) is 6.97. The zero-order chi connectivity index (χ0) is 8.10. The van der Waals surface area contributed by atoms with Gasteiger partial charge in [-0.15, -0.1) is 0 Å². The summed E-state index contributed by atoms with van der Waals surface area (Å²) in [4.78, 5) is 11.0. The monoisotopic (exact) mass is 153 g/mol. The van der Waals surface area contributed by atoms with Crippen LogP contribution in [0.2, 0.25) is 0 Å². The van der Waals surface area contributed by atoms with Gasteiger partial charge in [0.05, 0.1) is 6.04 Å². The van der Waals surface area contributed by atoms with Crippen molar-refractivity contribution in [3.8, 4) is 0 Å². The molecule has 0 aliphatic heterocycles. The Morgan fingerprint density at radius 2 is 2.18 bits per heavy atom. The van der Waals surface area contributed by atoms with Gasteiger partial charge in [-0.05, 0) is 6.42 Å². The van der Waals surface area contributed by atoms with Gasteiger partial charge in [0, 0.05) is 6.42 Å². The number of carbonyl (C=O) groups is 1. The molecule has 0 heterocycles. The average Bonchev–Trinajstić information content (AvgIpc) is 2.72. The number of carbonyl (C=O) groups excluding carboxylic acids is 1. The highest BCUT2D eigenvalue weighted by Gasteiger charge is 2.12. The summed E-state index contributed by atoms with van der Waals surface area (Å²) in [6, 6.07) is 0.282. The van der Waals surface area contributed by atoms with Gasteiger partial charge in [-0.2, -0.15) is 0 Å². The maximum Gasteiger partial charge on any atom is 0.220 e. The number of amides is 1. The van der Waals surface area contributed by atoms with Crippen LogP contribution in [0.4, 0.5) is 0 Å². The summed E-state index contributed by atoms with van der Waals surface area (Å²) in [5, 5.41) is 2.86. The Morgan fingerprint density at radius 1 is 1.45 bits per heavy atom. The summed E-state index contributed by atoms with van der Waals surface area (Å²) in [5.74, 6) is 0.188. The first-order valence-corrected chi connectivity index (χ1v) is 4.30. The number of unbranched alkanes of at least 4 members (excludes halogenated alkanes) is 2. The summed E-state index contributed by atoms with van der Waals surface area (Å²) in [6.45, 7) is 2.14. The smallest absolute Gasteiger partial charge is 0.220 e. The van der Waals surface area contributed by atoms with E-state index in [1.807, 2.05) is 12.2 Å². The Morgan fingerprint density at radius 3 is 2.73 bits per heavy atom. The van der Waals surface area contributed by atoms with Crippen molar-refractivity contribution in [2.75, 3.05) is 0 Å². The van der Waals surface area contributed by atoms with Crippen molar-refractivity contribution in [3.05, 3.63) is 12.2 Å². The lowest BCUT2D eigenvalue weighted by atomic mass is 10.2. The number of nitrogens with one attached hydrogen (secondary N) is 1. The first-order valence-electron chi connectivity index (χ1n) is 4.30. The highest BCUT2D eigenvalue weighted by molar-refractivity contribution is 5.77. The van der Waals surface area contributed by atoms with Crippen LogP contribution in [0.15, 0.2) is 12.2 Å². The molecular formula is C9H15NO. The fourth-order valence-electron chi connectivity index (χ4n) is 0.945. The summed E-state index contributed by atoms with van der Waals surface area (Å²) < 4.78 is 0. The molecule has 0 fully saturated rings. The molecule has 0 aromatic carbocycles. The molecular weight excluding hydrogens is 138 g/mol. The molecule has 2 nitrogen and oxygen atoms in total. The predicted octanol–water partition coefficient (Wildman–Crippen LogP) is 1.62. The first-order chi connectivity index (χ1) is 5.33. The van der Waals surface area contributed by atoms with Gasteiger partial charge in [0.2, 0.25) is 5.91 Å². The van der Waals surface area contributed by atoms with Gasteiger partial charge in [0.25, 0.3) is 0 Å². The minimum absolute atomic E-state index is 0.188. The van der Waals surface area contributed by atoms with Crippen LogP contribution in [0.5, 0.6) is 0 Å². The Kier molecular flexibility index (Phi) is 3.14. The third kappa shape index (κ3) is 3.81. The van der Waals surface area contributed by atoms with E-state index in [0.717, 1.165) is 12.8 Å². The molecule has 1 aliphatic rings. The quantitative estimate of drug-likeness (QED) is 0.472. The normalized spacial score (nSPS) is 15.0. The van der Waals surface area contributed by atoms with Gasteiger partial charge in [0.1, 0.15) is 0 Å². The van der Waals surface area contributed by atoms with Crippen LogP contribution in [0.1, 0.15) is 32.6 Å². The van der Waals surface area contributed by atoms with Gasteiger partial charge in [-0.1, -0.05) is 31.9 Å². The number of hydrogen-bond donors (Lipinski definition) is 1. The maximum atomic E-state index is 11.0. The van der Waals surface area contributed by atoms with Gasteiger partial charge in [0.15, 0.2) is 0 Å². The van der Waals surface area contributed by atoms with Crippen LogP contribution in [0, 0.1) is 0 Å². The minimum Gasteiger partial charge on any atom is -0.346 e. The van der Waals surface area contributed by atoms with Crippen molar-refractivity contribution in [1.29, 1.82) is 0 Å². The van der Waals surface area contributed by atoms with Crippen LogP contribution in [-0.4, -0.2) is 11.9 Å². The molecule has 1 aliphatic carbocycles. The highest BCUT2D eigenvalue weighted by Crippen LogP contribution is 2.05. The standard InChI is InChI=1S/C9H15NO/c1-2-3-4-5-9(11)10-8-6-7-8/h6-8H,2-5H2,1H3,(H,10,11). The molecule has 62 valence electrons. The largest absolute Gasteiger partial charge is 0.346 e. The van der Waals surface area contributed by atoms with Crippen LogP contribution < -0.4 is 5.32 Å². The second-order valence-corrected chi connectivity index (χ2v) is 2.94.